The number of nitrogens with one attached hydrogen (secondary N) is 1. The molecule has 1 aromatic heterocycles. The van der Waals surface area contributed by atoms with Crippen LogP contribution < -0.4 is 5.32 Å². The number of benzene rings is 1. The average Bonchev–Trinajstić information content (AvgIpc) is 2.52. The molecule has 0 aliphatic rings. The van der Waals surface area contributed by atoms with E-state index in [9.17, 15) is 4.79 Å². The predicted molar refractivity (Wildman–Crippen MR) is 91.2 cm³/mol. The molecule has 1 unspecified atom stereocenters. The lowest BCUT2D eigenvalue weighted by molar-refractivity contribution is 0.0752. The molecule has 1 heterocycles. The smallest absolute Gasteiger partial charge is 0.272 e. The molecular weight excluding hydrogens is 282 g/mol. The number of para-hydroxylation sites is 1. The summed E-state index contributed by atoms with van der Waals surface area (Å²) >= 11 is 1.73. The van der Waals surface area contributed by atoms with E-state index in [0.717, 1.165) is 22.3 Å². The molecule has 0 fully saturated rings. The Morgan fingerprint density at radius 2 is 2.14 bits per heavy atom. The number of rotatable bonds is 5. The van der Waals surface area contributed by atoms with Gasteiger partial charge in [-0.05, 0) is 25.3 Å². The summed E-state index contributed by atoms with van der Waals surface area (Å²) in [6.07, 6.45) is 2.04. The number of pyridine rings is 1. The van der Waals surface area contributed by atoms with Crippen molar-refractivity contribution >= 4 is 34.3 Å². The summed E-state index contributed by atoms with van der Waals surface area (Å²) in [6.45, 7) is 2.05. The van der Waals surface area contributed by atoms with Gasteiger partial charge in [0.2, 0.25) is 0 Å². The molecule has 0 aliphatic heterocycles. The predicted octanol–water partition coefficient (Wildman–Crippen LogP) is 3.10. The summed E-state index contributed by atoms with van der Waals surface area (Å²) in [5, 5.41) is 4.17. The number of nitrogens with zero attached hydrogens (tertiary/aromatic N) is 2. The minimum atomic E-state index is -0.0428. The van der Waals surface area contributed by atoms with Crippen LogP contribution in [0.2, 0.25) is 0 Å². The highest BCUT2D eigenvalue weighted by molar-refractivity contribution is 7.98. The van der Waals surface area contributed by atoms with E-state index in [4.69, 9.17) is 0 Å². The number of amides is 1. The van der Waals surface area contributed by atoms with Gasteiger partial charge < -0.3 is 10.2 Å². The summed E-state index contributed by atoms with van der Waals surface area (Å²) < 4.78 is 0. The summed E-state index contributed by atoms with van der Waals surface area (Å²) in [7, 11) is 3.69. The second kappa shape index (κ2) is 6.80. The SMILES string of the molecule is CNc1cc(C(=O)N(C)C(C)CSC)nc2ccccc12. The quantitative estimate of drug-likeness (QED) is 0.922. The molecule has 21 heavy (non-hydrogen) atoms. The number of anilines is 1. The lowest BCUT2D eigenvalue weighted by Crippen LogP contribution is -2.37. The minimum Gasteiger partial charge on any atom is -0.388 e. The molecule has 0 aliphatic carbocycles. The van der Waals surface area contributed by atoms with E-state index in [1.54, 1.807) is 16.7 Å². The Morgan fingerprint density at radius 3 is 2.81 bits per heavy atom. The molecule has 112 valence electrons. The highest BCUT2D eigenvalue weighted by atomic mass is 32.2. The second-order valence-electron chi connectivity index (χ2n) is 5.04. The Kier molecular flexibility index (Phi) is 5.07. The van der Waals surface area contributed by atoms with Crippen LogP contribution in [-0.2, 0) is 0 Å². The second-order valence-corrected chi connectivity index (χ2v) is 5.95. The molecule has 0 bridgehead atoms. The molecule has 0 spiro atoms. The number of hydrogen-bond acceptors (Lipinski definition) is 4. The van der Waals surface area contributed by atoms with Gasteiger partial charge >= 0.3 is 0 Å². The van der Waals surface area contributed by atoms with Gasteiger partial charge in [0.05, 0.1) is 5.52 Å². The molecule has 2 aromatic rings. The first-order valence-corrected chi connectivity index (χ1v) is 8.31. The van der Waals surface area contributed by atoms with Crippen molar-refractivity contribution < 1.29 is 4.79 Å². The van der Waals surface area contributed by atoms with Gasteiger partial charge in [0.1, 0.15) is 5.69 Å². The van der Waals surface area contributed by atoms with Crippen molar-refractivity contribution in [2.24, 2.45) is 0 Å². The van der Waals surface area contributed by atoms with Crippen LogP contribution in [0.5, 0.6) is 0 Å². The molecule has 0 saturated carbocycles. The maximum atomic E-state index is 12.6. The van der Waals surface area contributed by atoms with Gasteiger partial charge in [0.15, 0.2) is 0 Å². The van der Waals surface area contributed by atoms with Crippen LogP contribution in [-0.4, -0.2) is 47.9 Å². The van der Waals surface area contributed by atoms with E-state index in [1.807, 2.05) is 50.7 Å². The molecule has 1 amide bonds. The Hall–Kier alpha value is -1.75. The summed E-state index contributed by atoms with van der Waals surface area (Å²) in [5.74, 6) is 0.869. The third-order valence-corrected chi connectivity index (χ3v) is 4.41. The number of fused-ring (bicyclic) bond motifs is 1. The van der Waals surface area contributed by atoms with Crippen LogP contribution in [0.4, 0.5) is 5.69 Å². The molecule has 5 heteroatoms. The molecule has 1 N–H and O–H groups in total. The fraction of sp³-hybridized carbons (Fsp3) is 0.375. The maximum Gasteiger partial charge on any atom is 0.272 e. The van der Waals surface area contributed by atoms with Crippen molar-refractivity contribution in [2.75, 3.05) is 31.4 Å². The Morgan fingerprint density at radius 1 is 1.43 bits per heavy atom. The summed E-state index contributed by atoms with van der Waals surface area (Å²) in [5.41, 5.74) is 2.24. The topological polar surface area (TPSA) is 45.2 Å². The minimum absolute atomic E-state index is 0.0428. The zero-order chi connectivity index (χ0) is 15.4. The van der Waals surface area contributed by atoms with Crippen molar-refractivity contribution in [1.29, 1.82) is 0 Å². The van der Waals surface area contributed by atoms with Crippen molar-refractivity contribution in [3.63, 3.8) is 0 Å². The van der Waals surface area contributed by atoms with Gasteiger partial charge in [-0.25, -0.2) is 4.98 Å². The van der Waals surface area contributed by atoms with Crippen LogP contribution in [0.25, 0.3) is 10.9 Å². The van der Waals surface area contributed by atoms with Crippen molar-refractivity contribution in [2.45, 2.75) is 13.0 Å². The van der Waals surface area contributed by atoms with Crippen LogP contribution in [0.1, 0.15) is 17.4 Å². The van der Waals surface area contributed by atoms with Gasteiger partial charge in [0.25, 0.3) is 5.91 Å². The molecule has 4 nitrogen and oxygen atoms in total. The highest BCUT2D eigenvalue weighted by Crippen LogP contribution is 2.23. The first kappa shape index (κ1) is 15.6. The molecule has 0 radical (unpaired) electrons. The Labute approximate surface area is 129 Å². The van der Waals surface area contributed by atoms with Crippen LogP contribution in [0.15, 0.2) is 30.3 Å². The van der Waals surface area contributed by atoms with Crippen molar-refractivity contribution in [3.8, 4) is 0 Å². The maximum absolute atomic E-state index is 12.6. The van der Waals surface area contributed by atoms with E-state index in [0.29, 0.717) is 5.69 Å². The number of carbonyl (C=O) groups is 1. The van der Waals surface area contributed by atoms with Gasteiger partial charge in [-0.15, -0.1) is 0 Å². The summed E-state index contributed by atoms with van der Waals surface area (Å²) in [4.78, 5) is 18.9. The zero-order valence-corrected chi connectivity index (χ0v) is 13.7. The number of aromatic nitrogens is 1. The molecule has 1 aromatic carbocycles. The first-order chi connectivity index (χ1) is 10.1. The van der Waals surface area contributed by atoms with Crippen LogP contribution in [0.3, 0.4) is 0 Å². The normalized spacial score (nSPS) is 12.2. The lowest BCUT2D eigenvalue weighted by atomic mass is 10.1. The zero-order valence-electron chi connectivity index (χ0n) is 12.9. The van der Waals surface area contributed by atoms with Crippen LogP contribution >= 0.6 is 11.8 Å². The van der Waals surface area contributed by atoms with Gasteiger partial charge in [0, 0.05) is 37.0 Å². The molecular formula is C16H21N3OS. The Balaban J connectivity index is 2.40. The van der Waals surface area contributed by atoms with Gasteiger partial charge in [-0.2, -0.15) is 11.8 Å². The Bertz CT molecular complexity index is 644. The standard InChI is InChI=1S/C16H21N3OS/c1-11(10-21-4)19(3)16(20)15-9-14(17-2)12-7-5-6-8-13(12)18-15/h5-9,11H,10H2,1-4H3,(H,17,18). The molecule has 2 rings (SSSR count). The van der Waals surface area contributed by atoms with E-state index < -0.39 is 0 Å². The summed E-state index contributed by atoms with van der Waals surface area (Å²) in [6, 6.07) is 9.84. The van der Waals surface area contributed by atoms with Gasteiger partial charge in [-0.3, -0.25) is 4.79 Å². The average molecular weight is 303 g/mol. The first-order valence-electron chi connectivity index (χ1n) is 6.92. The molecule has 0 saturated heterocycles. The van der Waals surface area contributed by atoms with Crippen LogP contribution in [0, 0.1) is 0 Å². The van der Waals surface area contributed by atoms with E-state index >= 15 is 0 Å². The van der Waals surface area contributed by atoms with Crippen molar-refractivity contribution in [1.82, 2.24) is 9.88 Å². The number of thioether (sulfide) groups is 1. The number of carbonyl (C=O) groups excluding carboxylic acids is 1. The monoisotopic (exact) mass is 303 g/mol. The largest absolute Gasteiger partial charge is 0.388 e. The lowest BCUT2D eigenvalue weighted by Gasteiger charge is -2.24. The van der Waals surface area contributed by atoms with Crippen molar-refractivity contribution in [3.05, 3.63) is 36.0 Å². The van der Waals surface area contributed by atoms with E-state index in [1.165, 1.54) is 0 Å². The third-order valence-electron chi connectivity index (χ3n) is 3.59. The number of hydrogen-bond donors (Lipinski definition) is 1. The molecule has 1 atom stereocenters. The highest BCUT2D eigenvalue weighted by Gasteiger charge is 2.19. The fourth-order valence-corrected chi connectivity index (χ4v) is 2.93. The fourth-order valence-electron chi connectivity index (χ4n) is 2.23. The van der Waals surface area contributed by atoms with E-state index in [-0.39, 0.29) is 11.9 Å². The van der Waals surface area contributed by atoms with Gasteiger partial charge in [-0.1, -0.05) is 18.2 Å². The van der Waals surface area contributed by atoms with E-state index in [2.05, 4.69) is 17.2 Å². The third kappa shape index (κ3) is 3.29.